The largest absolute Gasteiger partial charge is 0.493 e. The Morgan fingerprint density at radius 1 is 1.07 bits per heavy atom. The average molecular weight is 367 g/mol. The van der Waals surface area contributed by atoms with E-state index in [1.165, 1.54) is 10.4 Å². The van der Waals surface area contributed by atoms with Gasteiger partial charge < -0.3 is 14.8 Å². The van der Waals surface area contributed by atoms with E-state index in [1.807, 2.05) is 31.2 Å². The van der Waals surface area contributed by atoms with Gasteiger partial charge in [-0.25, -0.2) is 0 Å². The van der Waals surface area contributed by atoms with Crippen LogP contribution in [0.5, 0.6) is 11.5 Å². The van der Waals surface area contributed by atoms with E-state index in [2.05, 4.69) is 20.7 Å². The Bertz CT molecular complexity index is 921. The molecule has 0 unspecified atom stereocenters. The maximum absolute atomic E-state index is 12.1. The van der Waals surface area contributed by atoms with Gasteiger partial charge in [0.2, 0.25) is 11.7 Å². The van der Waals surface area contributed by atoms with Gasteiger partial charge in [0.05, 0.1) is 14.2 Å². The minimum atomic E-state index is -0.188. The molecule has 0 spiro atoms. The molecule has 1 N–H and O–H groups in total. The monoisotopic (exact) mass is 367 g/mol. The lowest BCUT2D eigenvalue weighted by Crippen LogP contribution is -2.28. The summed E-state index contributed by atoms with van der Waals surface area (Å²) in [4.78, 5) is 13.4. The van der Waals surface area contributed by atoms with Crippen LogP contribution in [0.15, 0.2) is 42.5 Å². The van der Waals surface area contributed by atoms with E-state index in [9.17, 15) is 4.79 Å². The Kier molecular flexibility index (Phi) is 5.65. The lowest BCUT2D eigenvalue weighted by atomic mass is 10.1. The van der Waals surface area contributed by atoms with E-state index in [0.29, 0.717) is 23.9 Å². The number of amides is 1. The van der Waals surface area contributed by atoms with Gasteiger partial charge in [-0.1, -0.05) is 29.8 Å². The fourth-order valence-corrected chi connectivity index (χ4v) is 2.49. The molecule has 8 heteroatoms. The molecule has 0 bridgehead atoms. The van der Waals surface area contributed by atoms with Crippen LogP contribution in [0.4, 0.5) is 0 Å². The highest BCUT2D eigenvalue weighted by Gasteiger charge is 2.12. The molecule has 0 aliphatic heterocycles. The third-order valence-electron chi connectivity index (χ3n) is 3.99. The van der Waals surface area contributed by atoms with Crippen molar-refractivity contribution in [1.82, 2.24) is 25.5 Å². The Labute approximate surface area is 157 Å². The van der Waals surface area contributed by atoms with Crippen LogP contribution in [0, 0.1) is 6.92 Å². The van der Waals surface area contributed by atoms with Crippen LogP contribution < -0.4 is 14.8 Å². The number of tetrazole rings is 1. The standard InChI is InChI=1S/C19H21N5O3/c1-13-4-6-14(7-5-13)11-20-18(25)12-24-22-19(21-23-24)15-8-9-16(26-2)17(10-15)27-3/h4-10H,11-12H2,1-3H3,(H,20,25). The fourth-order valence-electron chi connectivity index (χ4n) is 2.49. The molecule has 0 aliphatic rings. The Morgan fingerprint density at radius 2 is 1.81 bits per heavy atom. The second kappa shape index (κ2) is 8.31. The normalized spacial score (nSPS) is 10.5. The van der Waals surface area contributed by atoms with Gasteiger partial charge in [0.1, 0.15) is 6.54 Å². The van der Waals surface area contributed by atoms with Gasteiger partial charge in [-0.15, -0.1) is 10.2 Å². The summed E-state index contributed by atoms with van der Waals surface area (Å²) in [7, 11) is 3.13. The lowest BCUT2D eigenvalue weighted by molar-refractivity contribution is -0.122. The molecule has 8 nitrogen and oxygen atoms in total. The molecule has 1 heterocycles. The van der Waals surface area contributed by atoms with Crippen LogP contribution in [0.2, 0.25) is 0 Å². The summed E-state index contributed by atoms with van der Waals surface area (Å²) < 4.78 is 10.5. The quantitative estimate of drug-likeness (QED) is 0.687. The molecular weight excluding hydrogens is 346 g/mol. The van der Waals surface area contributed by atoms with Crippen LogP contribution in [0.1, 0.15) is 11.1 Å². The predicted octanol–water partition coefficient (Wildman–Crippen LogP) is 1.98. The van der Waals surface area contributed by atoms with Crippen LogP contribution in [0.3, 0.4) is 0 Å². The Morgan fingerprint density at radius 3 is 2.52 bits per heavy atom. The smallest absolute Gasteiger partial charge is 0.243 e. The number of nitrogens with zero attached hydrogens (tertiary/aromatic N) is 4. The first-order chi connectivity index (χ1) is 13.1. The van der Waals surface area contributed by atoms with Crippen molar-refractivity contribution < 1.29 is 14.3 Å². The van der Waals surface area contributed by atoms with Gasteiger partial charge in [-0.2, -0.15) is 4.80 Å². The average Bonchev–Trinajstić information content (AvgIpc) is 3.15. The molecule has 2 aromatic carbocycles. The summed E-state index contributed by atoms with van der Waals surface area (Å²) in [6, 6.07) is 13.3. The van der Waals surface area contributed by atoms with Gasteiger partial charge in [0.25, 0.3) is 0 Å². The predicted molar refractivity (Wildman–Crippen MR) is 99.4 cm³/mol. The van der Waals surface area contributed by atoms with Crippen molar-refractivity contribution in [2.75, 3.05) is 14.2 Å². The van der Waals surface area contributed by atoms with Gasteiger partial charge >= 0.3 is 0 Å². The fraction of sp³-hybridized carbons (Fsp3) is 0.263. The molecule has 3 aromatic rings. The van der Waals surface area contributed by atoms with Crippen molar-refractivity contribution >= 4 is 5.91 Å². The lowest BCUT2D eigenvalue weighted by Gasteiger charge is -2.07. The highest BCUT2D eigenvalue weighted by Crippen LogP contribution is 2.30. The van der Waals surface area contributed by atoms with Gasteiger partial charge in [0.15, 0.2) is 11.5 Å². The van der Waals surface area contributed by atoms with Crippen molar-refractivity contribution in [3.05, 3.63) is 53.6 Å². The second-order valence-corrected chi connectivity index (χ2v) is 5.98. The molecule has 3 rings (SSSR count). The van der Waals surface area contributed by atoms with E-state index in [-0.39, 0.29) is 12.5 Å². The Balaban J connectivity index is 1.62. The van der Waals surface area contributed by atoms with Crippen molar-refractivity contribution in [2.45, 2.75) is 20.0 Å². The van der Waals surface area contributed by atoms with Gasteiger partial charge in [-0.05, 0) is 35.9 Å². The number of carbonyl (C=O) groups is 1. The zero-order valence-electron chi connectivity index (χ0n) is 15.5. The van der Waals surface area contributed by atoms with Crippen LogP contribution >= 0.6 is 0 Å². The highest BCUT2D eigenvalue weighted by molar-refractivity contribution is 5.75. The number of methoxy groups -OCH3 is 2. The van der Waals surface area contributed by atoms with E-state index in [4.69, 9.17) is 9.47 Å². The molecule has 0 saturated carbocycles. The molecule has 0 saturated heterocycles. The van der Waals surface area contributed by atoms with Crippen LogP contribution in [-0.4, -0.2) is 40.3 Å². The summed E-state index contributed by atoms with van der Waals surface area (Å²) in [5, 5.41) is 15.0. The van der Waals surface area contributed by atoms with Crippen LogP contribution in [0.25, 0.3) is 11.4 Å². The molecule has 1 aromatic heterocycles. The first-order valence-corrected chi connectivity index (χ1v) is 8.41. The minimum Gasteiger partial charge on any atom is -0.493 e. The molecular formula is C19H21N5O3. The molecule has 0 aliphatic carbocycles. The molecule has 0 atom stereocenters. The number of aryl methyl sites for hydroxylation is 1. The van der Waals surface area contributed by atoms with E-state index in [0.717, 1.165) is 11.1 Å². The SMILES string of the molecule is COc1ccc(-c2nnn(CC(=O)NCc3ccc(C)cc3)n2)cc1OC. The maximum atomic E-state index is 12.1. The number of hydrogen-bond donors (Lipinski definition) is 1. The number of nitrogens with one attached hydrogen (secondary N) is 1. The van der Waals surface area contributed by atoms with Gasteiger partial charge in [-0.3, -0.25) is 4.79 Å². The molecule has 140 valence electrons. The van der Waals surface area contributed by atoms with Crippen molar-refractivity contribution in [3.63, 3.8) is 0 Å². The van der Waals surface area contributed by atoms with Crippen molar-refractivity contribution in [2.24, 2.45) is 0 Å². The topological polar surface area (TPSA) is 91.2 Å². The highest BCUT2D eigenvalue weighted by atomic mass is 16.5. The second-order valence-electron chi connectivity index (χ2n) is 5.98. The van der Waals surface area contributed by atoms with Crippen LogP contribution in [-0.2, 0) is 17.9 Å². The number of hydrogen-bond acceptors (Lipinski definition) is 6. The molecule has 1 amide bonds. The number of rotatable bonds is 7. The summed E-state index contributed by atoms with van der Waals surface area (Å²) in [6.07, 6.45) is 0. The molecule has 0 fully saturated rings. The zero-order valence-corrected chi connectivity index (χ0v) is 15.5. The Hall–Kier alpha value is -3.42. The number of carbonyl (C=O) groups excluding carboxylic acids is 1. The summed E-state index contributed by atoms with van der Waals surface area (Å²) in [5.74, 6) is 1.40. The third kappa shape index (κ3) is 4.60. The minimum absolute atomic E-state index is 0.00779. The summed E-state index contributed by atoms with van der Waals surface area (Å²) in [5.41, 5.74) is 2.94. The van der Waals surface area contributed by atoms with E-state index in [1.54, 1.807) is 32.4 Å². The summed E-state index contributed by atoms with van der Waals surface area (Å²) >= 11 is 0. The first-order valence-electron chi connectivity index (χ1n) is 8.41. The van der Waals surface area contributed by atoms with Gasteiger partial charge in [0, 0.05) is 12.1 Å². The zero-order chi connectivity index (χ0) is 19.2. The number of benzene rings is 2. The number of ether oxygens (including phenoxy) is 2. The maximum Gasteiger partial charge on any atom is 0.243 e. The van der Waals surface area contributed by atoms with E-state index < -0.39 is 0 Å². The third-order valence-corrected chi connectivity index (χ3v) is 3.99. The number of aromatic nitrogens is 4. The van der Waals surface area contributed by atoms with E-state index >= 15 is 0 Å². The molecule has 0 radical (unpaired) electrons. The van der Waals surface area contributed by atoms with Crippen molar-refractivity contribution in [3.8, 4) is 22.9 Å². The first kappa shape index (κ1) is 18.4. The molecule has 27 heavy (non-hydrogen) atoms. The van der Waals surface area contributed by atoms with Crippen molar-refractivity contribution in [1.29, 1.82) is 0 Å². The summed E-state index contributed by atoms with van der Waals surface area (Å²) in [6.45, 7) is 2.47.